The molecule has 2 nitrogen and oxygen atoms in total. The summed E-state index contributed by atoms with van der Waals surface area (Å²) in [6, 6.07) is 10.0. The average molecular weight is 373 g/mol. The van der Waals surface area contributed by atoms with E-state index >= 15 is 0 Å². The summed E-state index contributed by atoms with van der Waals surface area (Å²) >= 11 is 0. The van der Waals surface area contributed by atoms with E-state index in [0.717, 1.165) is 12.8 Å². The predicted molar refractivity (Wildman–Crippen MR) is 119 cm³/mol. The SMILES string of the molecule is C=CC(=O)OCCCCC(CC(C)(C)C)C(C)(C)C.C=Cc1ccccc1. The van der Waals surface area contributed by atoms with Crippen LogP contribution in [0.15, 0.2) is 49.6 Å². The molecular weight excluding hydrogens is 332 g/mol. The van der Waals surface area contributed by atoms with E-state index in [2.05, 4.69) is 54.7 Å². The van der Waals surface area contributed by atoms with Gasteiger partial charge in [-0.3, -0.25) is 0 Å². The van der Waals surface area contributed by atoms with Gasteiger partial charge in [0.05, 0.1) is 6.61 Å². The van der Waals surface area contributed by atoms with E-state index in [1.165, 1.54) is 24.5 Å². The molecule has 1 unspecified atom stereocenters. The molecule has 0 aromatic heterocycles. The van der Waals surface area contributed by atoms with Gasteiger partial charge in [-0.25, -0.2) is 4.79 Å². The Morgan fingerprint density at radius 1 is 1.04 bits per heavy atom. The molecule has 0 fully saturated rings. The molecule has 0 N–H and O–H groups in total. The predicted octanol–water partition coefficient (Wildman–Crippen LogP) is 7.31. The quantitative estimate of drug-likeness (QED) is 0.271. The third-order valence-electron chi connectivity index (χ3n) is 4.48. The summed E-state index contributed by atoms with van der Waals surface area (Å²) in [5.74, 6) is 0.393. The third kappa shape index (κ3) is 14.0. The first-order valence-electron chi connectivity index (χ1n) is 9.96. The van der Waals surface area contributed by atoms with E-state index in [0.29, 0.717) is 23.4 Å². The molecule has 0 amide bonds. The summed E-state index contributed by atoms with van der Waals surface area (Å²) < 4.78 is 5.00. The number of hydrogen-bond acceptors (Lipinski definition) is 2. The summed E-state index contributed by atoms with van der Waals surface area (Å²) in [6.45, 7) is 21.4. The van der Waals surface area contributed by atoms with Crippen LogP contribution in [0.25, 0.3) is 6.08 Å². The van der Waals surface area contributed by atoms with Crippen LogP contribution in [0.2, 0.25) is 0 Å². The molecule has 0 spiro atoms. The van der Waals surface area contributed by atoms with Crippen molar-refractivity contribution in [3.8, 4) is 0 Å². The first-order valence-corrected chi connectivity index (χ1v) is 9.96. The van der Waals surface area contributed by atoms with E-state index in [4.69, 9.17) is 4.74 Å². The summed E-state index contributed by atoms with van der Waals surface area (Å²) in [7, 11) is 0. The maximum absolute atomic E-state index is 10.9. The van der Waals surface area contributed by atoms with Crippen LogP contribution in [0.4, 0.5) is 0 Å². The normalized spacial score (nSPS) is 12.4. The Kier molecular flexibility index (Phi) is 11.7. The van der Waals surface area contributed by atoms with Crippen LogP contribution < -0.4 is 0 Å². The van der Waals surface area contributed by atoms with Crippen molar-refractivity contribution in [2.75, 3.05) is 6.61 Å². The van der Waals surface area contributed by atoms with Gasteiger partial charge in [-0.2, -0.15) is 0 Å². The number of benzene rings is 1. The zero-order valence-electron chi connectivity index (χ0n) is 18.4. The van der Waals surface area contributed by atoms with Crippen LogP contribution in [-0.4, -0.2) is 12.6 Å². The molecular formula is C25H40O2. The van der Waals surface area contributed by atoms with Crippen molar-refractivity contribution in [2.45, 2.75) is 67.2 Å². The molecule has 1 atom stereocenters. The van der Waals surface area contributed by atoms with Crippen molar-refractivity contribution in [1.82, 2.24) is 0 Å². The van der Waals surface area contributed by atoms with Gasteiger partial charge in [-0.05, 0) is 48.0 Å². The molecule has 27 heavy (non-hydrogen) atoms. The first-order chi connectivity index (χ1) is 12.5. The second-order valence-electron chi connectivity index (χ2n) is 9.31. The van der Waals surface area contributed by atoms with Gasteiger partial charge in [0.15, 0.2) is 0 Å². The lowest BCUT2D eigenvalue weighted by molar-refractivity contribution is -0.137. The zero-order chi connectivity index (χ0) is 20.9. The maximum atomic E-state index is 10.9. The molecule has 0 heterocycles. The summed E-state index contributed by atoms with van der Waals surface area (Å²) in [4.78, 5) is 10.9. The fourth-order valence-corrected chi connectivity index (χ4v) is 2.89. The molecule has 0 saturated heterocycles. The highest BCUT2D eigenvalue weighted by molar-refractivity contribution is 5.81. The van der Waals surface area contributed by atoms with Gasteiger partial charge < -0.3 is 4.74 Å². The molecule has 0 aliphatic heterocycles. The molecule has 0 aliphatic rings. The second-order valence-corrected chi connectivity index (χ2v) is 9.31. The fourth-order valence-electron chi connectivity index (χ4n) is 2.89. The highest BCUT2D eigenvalue weighted by Gasteiger charge is 2.28. The van der Waals surface area contributed by atoms with Gasteiger partial charge in [-0.15, -0.1) is 0 Å². The Morgan fingerprint density at radius 2 is 1.63 bits per heavy atom. The van der Waals surface area contributed by atoms with Crippen molar-refractivity contribution in [3.63, 3.8) is 0 Å². The second kappa shape index (κ2) is 12.5. The first kappa shape index (κ1) is 25.2. The molecule has 0 aliphatic carbocycles. The lowest BCUT2D eigenvalue weighted by atomic mass is 9.70. The number of carbonyl (C=O) groups excluding carboxylic acids is 1. The third-order valence-corrected chi connectivity index (χ3v) is 4.48. The summed E-state index contributed by atoms with van der Waals surface area (Å²) in [5.41, 5.74) is 1.88. The Balaban J connectivity index is 0.000000694. The van der Waals surface area contributed by atoms with Crippen LogP contribution in [-0.2, 0) is 9.53 Å². The fraction of sp³-hybridized carbons (Fsp3) is 0.560. The number of esters is 1. The maximum Gasteiger partial charge on any atom is 0.330 e. The Labute approximate surface area is 167 Å². The highest BCUT2D eigenvalue weighted by atomic mass is 16.5. The topological polar surface area (TPSA) is 26.3 Å². The largest absolute Gasteiger partial charge is 0.463 e. The van der Waals surface area contributed by atoms with Crippen molar-refractivity contribution < 1.29 is 9.53 Å². The van der Waals surface area contributed by atoms with Crippen molar-refractivity contribution in [2.24, 2.45) is 16.7 Å². The minimum atomic E-state index is -0.318. The number of hydrogen-bond donors (Lipinski definition) is 0. The molecule has 0 saturated carbocycles. The number of rotatable bonds is 8. The molecule has 2 heteroatoms. The summed E-state index contributed by atoms with van der Waals surface area (Å²) in [6.07, 6.45) is 7.55. The number of carbonyl (C=O) groups is 1. The molecule has 1 aromatic rings. The van der Waals surface area contributed by atoms with Crippen LogP contribution >= 0.6 is 0 Å². The van der Waals surface area contributed by atoms with Crippen molar-refractivity contribution in [1.29, 1.82) is 0 Å². The molecule has 0 bridgehead atoms. The van der Waals surface area contributed by atoms with E-state index in [-0.39, 0.29) is 5.97 Å². The highest BCUT2D eigenvalue weighted by Crippen LogP contribution is 2.38. The van der Waals surface area contributed by atoms with Gasteiger partial charge >= 0.3 is 5.97 Å². The van der Waals surface area contributed by atoms with Gasteiger partial charge in [0.1, 0.15) is 0 Å². The lowest BCUT2D eigenvalue weighted by Crippen LogP contribution is -2.25. The Hall–Kier alpha value is -1.83. The molecule has 0 radical (unpaired) electrons. The van der Waals surface area contributed by atoms with Gasteiger partial charge in [-0.1, -0.05) is 91.1 Å². The molecule has 1 aromatic carbocycles. The van der Waals surface area contributed by atoms with Crippen molar-refractivity contribution >= 4 is 12.0 Å². The summed E-state index contributed by atoms with van der Waals surface area (Å²) in [5, 5.41) is 0. The van der Waals surface area contributed by atoms with E-state index < -0.39 is 0 Å². The minimum Gasteiger partial charge on any atom is -0.463 e. The number of ether oxygens (including phenoxy) is 1. The number of unbranched alkanes of at least 4 members (excludes halogenated alkanes) is 1. The van der Waals surface area contributed by atoms with E-state index in [1.54, 1.807) is 0 Å². The van der Waals surface area contributed by atoms with Gasteiger partial charge in [0.2, 0.25) is 0 Å². The standard InChI is InChI=1S/C17H32O2.C8H8/c1-8-15(18)19-12-10-9-11-14(17(5,6)7)13-16(2,3)4;1-2-8-6-4-3-5-7-8/h8,14H,1,9-13H2,2-7H3;2-7H,1H2. The van der Waals surface area contributed by atoms with Crippen LogP contribution in [0.5, 0.6) is 0 Å². The van der Waals surface area contributed by atoms with E-state index in [1.807, 2.05) is 36.4 Å². The Bertz CT molecular complexity index is 544. The van der Waals surface area contributed by atoms with Crippen LogP contribution in [0, 0.1) is 16.7 Å². The molecule has 1 rings (SSSR count). The van der Waals surface area contributed by atoms with Crippen LogP contribution in [0.3, 0.4) is 0 Å². The van der Waals surface area contributed by atoms with Gasteiger partial charge in [0, 0.05) is 6.08 Å². The van der Waals surface area contributed by atoms with E-state index in [9.17, 15) is 4.79 Å². The van der Waals surface area contributed by atoms with Crippen molar-refractivity contribution in [3.05, 3.63) is 55.1 Å². The molecule has 152 valence electrons. The Morgan fingerprint density at radius 3 is 2.04 bits per heavy atom. The van der Waals surface area contributed by atoms with Gasteiger partial charge in [0.25, 0.3) is 0 Å². The zero-order valence-corrected chi connectivity index (χ0v) is 18.4. The average Bonchev–Trinajstić information content (AvgIpc) is 2.59. The monoisotopic (exact) mass is 372 g/mol. The van der Waals surface area contributed by atoms with Crippen LogP contribution in [0.1, 0.15) is 72.8 Å². The minimum absolute atomic E-state index is 0.318. The smallest absolute Gasteiger partial charge is 0.330 e. The lowest BCUT2D eigenvalue weighted by Gasteiger charge is -2.35.